The van der Waals surface area contributed by atoms with Crippen molar-refractivity contribution in [2.75, 3.05) is 31.6 Å². The highest BCUT2D eigenvalue weighted by Gasteiger charge is 2.50. The van der Waals surface area contributed by atoms with Crippen LogP contribution in [0.2, 0.25) is 0 Å². The van der Waals surface area contributed by atoms with E-state index in [-0.39, 0.29) is 17.8 Å². The van der Waals surface area contributed by atoms with Gasteiger partial charge in [0, 0.05) is 12.2 Å². The number of ether oxygens (including phenoxy) is 2. The molecular formula is C23H27FN2O3. The molecule has 0 aromatic heterocycles. The zero-order valence-electron chi connectivity index (χ0n) is 16.7. The van der Waals surface area contributed by atoms with Gasteiger partial charge >= 0.3 is 0 Å². The maximum absolute atomic E-state index is 13.2. The predicted octanol–water partition coefficient (Wildman–Crippen LogP) is 3.87. The Hall–Kier alpha value is -2.60. The summed E-state index contributed by atoms with van der Waals surface area (Å²) in [5.74, 6) is 0.877. The zero-order chi connectivity index (χ0) is 20.2. The number of carbonyl (C=O) groups is 1. The molecule has 1 amide bonds. The minimum atomic E-state index is -0.564. The van der Waals surface area contributed by atoms with Crippen LogP contribution in [0.15, 0.2) is 48.5 Å². The van der Waals surface area contributed by atoms with Crippen LogP contribution in [0.25, 0.3) is 0 Å². The highest BCUT2D eigenvalue weighted by atomic mass is 19.1. The third-order valence-electron chi connectivity index (χ3n) is 5.73. The molecule has 2 aromatic rings. The molecule has 154 valence electrons. The molecule has 0 bridgehead atoms. The molecule has 2 aliphatic heterocycles. The van der Waals surface area contributed by atoms with E-state index >= 15 is 0 Å². The molecule has 2 atom stereocenters. The number of likely N-dealkylation sites (tertiary alicyclic amines) is 1. The van der Waals surface area contributed by atoms with Gasteiger partial charge in [-0.15, -0.1) is 0 Å². The van der Waals surface area contributed by atoms with Gasteiger partial charge in [0.25, 0.3) is 5.91 Å². The number of β-lactam (4-membered cyclic amide) rings is 1. The number of anilines is 1. The van der Waals surface area contributed by atoms with Gasteiger partial charge in [-0.3, -0.25) is 4.79 Å². The Bertz CT molecular complexity index is 817. The summed E-state index contributed by atoms with van der Waals surface area (Å²) < 4.78 is 24.4. The molecule has 2 aromatic carbocycles. The first-order valence-corrected chi connectivity index (χ1v) is 10.3. The van der Waals surface area contributed by atoms with Crippen LogP contribution < -0.4 is 14.4 Å². The quantitative estimate of drug-likeness (QED) is 0.693. The lowest BCUT2D eigenvalue weighted by Crippen LogP contribution is -2.70. The number of methoxy groups -OCH3 is 1. The summed E-state index contributed by atoms with van der Waals surface area (Å²) in [5.41, 5.74) is 0.842. The van der Waals surface area contributed by atoms with Crippen molar-refractivity contribution in [3.8, 4) is 11.5 Å². The highest BCUT2D eigenvalue weighted by Crippen LogP contribution is 2.33. The fourth-order valence-corrected chi connectivity index (χ4v) is 4.13. The number of hydrogen-bond acceptors (Lipinski definition) is 4. The smallest absolute Gasteiger partial charge is 0.270 e. The van der Waals surface area contributed by atoms with Crippen LogP contribution in [-0.2, 0) is 4.79 Å². The molecule has 2 saturated heterocycles. The van der Waals surface area contributed by atoms with E-state index < -0.39 is 6.10 Å². The Labute approximate surface area is 171 Å². The molecular weight excluding hydrogens is 371 g/mol. The lowest BCUT2D eigenvalue weighted by atomic mass is 9.95. The second-order valence-electron chi connectivity index (χ2n) is 7.68. The van der Waals surface area contributed by atoms with Crippen molar-refractivity contribution < 1.29 is 18.7 Å². The molecule has 0 aliphatic carbocycles. The topological polar surface area (TPSA) is 42.0 Å². The van der Waals surface area contributed by atoms with Crippen molar-refractivity contribution in [1.82, 2.24) is 4.90 Å². The lowest BCUT2D eigenvalue weighted by molar-refractivity contribution is -0.135. The molecule has 29 heavy (non-hydrogen) atoms. The Kier molecular flexibility index (Phi) is 6.00. The summed E-state index contributed by atoms with van der Waals surface area (Å²) in [4.78, 5) is 17.2. The third kappa shape index (κ3) is 4.37. The van der Waals surface area contributed by atoms with Crippen molar-refractivity contribution in [2.24, 2.45) is 0 Å². The van der Waals surface area contributed by atoms with Crippen LogP contribution in [0.5, 0.6) is 11.5 Å². The van der Waals surface area contributed by atoms with Crippen molar-refractivity contribution in [3.05, 3.63) is 54.3 Å². The van der Waals surface area contributed by atoms with E-state index in [0.717, 1.165) is 31.1 Å². The molecule has 2 fully saturated rings. The summed E-state index contributed by atoms with van der Waals surface area (Å²) in [7, 11) is 1.62. The second kappa shape index (κ2) is 8.82. The first kappa shape index (κ1) is 19.7. The lowest BCUT2D eigenvalue weighted by Gasteiger charge is -2.48. The van der Waals surface area contributed by atoms with Gasteiger partial charge in [-0.2, -0.15) is 0 Å². The van der Waals surface area contributed by atoms with Gasteiger partial charge in [-0.25, -0.2) is 4.39 Å². The molecule has 2 heterocycles. The fourth-order valence-electron chi connectivity index (χ4n) is 4.13. The van der Waals surface area contributed by atoms with Crippen molar-refractivity contribution in [3.63, 3.8) is 0 Å². The molecule has 0 spiro atoms. The van der Waals surface area contributed by atoms with Crippen LogP contribution in [0.3, 0.4) is 0 Å². The Morgan fingerprint density at radius 2 is 1.55 bits per heavy atom. The first-order valence-electron chi connectivity index (χ1n) is 10.3. The summed E-state index contributed by atoms with van der Waals surface area (Å²) in [6.45, 7) is 2.86. The average molecular weight is 398 g/mol. The van der Waals surface area contributed by atoms with Crippen LogP contribution in [0.4, 0.5) is 10.1 Å². The van der Waals surface area contributed by atoms with E-state index in [4.69, 9.17) is 9.47 Å². The maximum atomic E-state index is 13.2. The van der Waals surface area contributed by atoms with Crippen LogP contribution in [0, 0.1) is 5.82 Å². The summed E-state index contributed by atoms with van der Waals surface area (Å²) in [6.07, 6.45) is 4.33. The van der Waals surface area contributed by atoms with Gasteiger partial charge in [0.05, 0.1) is 13.2 Å². The predicted molar refractivity (Wildman–Crippen MR) is 110 cm³/mol. The number of amides is 1. The van der Waals surface area contributed by atoms with E-state index in [1.165, 1.54) is 37.8 Å². The van der Waals surface area contributed by atoms with E-state index in [2.05, 4.69) is 4.90 Å². The van der Waals surface area contributed by atoms with Gasteiger partial charge in [0.1, 0.15) is 17.3 Å². The normalized spacial score (nSPS) is 22.7. The van der Waals surface area contributed by atoms with Gasteiger partial charge < -0.3 is 19.3 Å². The Balaban J connectivity index is 1.54. The van der Waals surface area contributed by atoms with Gasteiger partial charge in [-0.05, 0) is 74.5 Å². The Morgan fingerprint density at radius 1 is 0.931 bits per heavy atom. The van der Waals surface area contributed by atoms with Gasteiger partial charge in [0.2, 0.25) is 0 Å². The number of carbonyl (C=O) groups excluding carboxylic acids is 1. The standard InChI is InChI=1S/C23H27FN2O3/c1-28-19-12-8-18(9-13-19)26-21(16-25-14-4-2-3-5-15-25)22(23(26)27)29-20-10-6-17(24)7-11-20/h6-13,21-22H,2-5,14-16H2,1H3/t21-,22+/m1/s1. The minimum absolute atomic E-state index is 0.0701. The zero-order valence-corrected chi connectivity index (χ0v) is 16.7. The molecule has 0 radical (unpaired) electrons. The number of hydrogen-bond donors (Lipinski definition) is 0. The molecule has 4 rings (SSSR count). The fraction of sp³-hybridized carbons (Fsp3) is 0.435. The monoisotopic (exact) mass is 398 g/mol. The molecule has 0 N–H and O–H groups in total. The highest BCUT2D eigenvalue weighted by molar-refractivity contribution is 6.05. The SMILES string of the molecule is COc1ccc(N2C(=O)[C@@H](Oc3ccc(F)cc3)[C@H]2CN2CCCCCC2)cc1. The van der Waals surface area contributed by atoms with Crippen LogP contribution >= 0.6 is 0 Å². The molecule has 0 unspecified atom stereocenters. The number of halogens is 1. The van der Waals surface area contributed by atoms with Gasteiger partial charge in [-0.1, -0.05) is 12.8 Å². The molecule has 5 nitrogen and oxygen atoms in total. The number of benzene rings is 2. The van der Waals surface area contributed by atoms with Crippen molar-refractivity contribution in [2.45, 2.75) is 37.8 Å². The van der Waals surface area contributed by atoms with Crippen LogP contribution in [0.1, 0.15) is 25.7 Å². The van der Waals surface area contributed by atoms with Crippen LogP contribution in [-0.4, -0.2) is 49.7 Å². The Morgan fingerprint density at radius 3 is 2.17 bits per heavy atom. The average Bonchev–Trinajstić information content (AvgIpc) is 3.02. The third-order valence-corrected chi connectivity index (χ3v) is 5.73. The molecule has 2 aliphatic rings. The number of rotatable bonds is 6. The van der Waals surface area contributed by atoms with Crippen molar-refractivity contribution >= 4 is 11.6 Å². The minimum Gasteiger partial charge on any atom is -0.497 e. The summed E-state index contributed by atoms with van der Waals surface area (Å²) in [5, 5.41) is 0. The van der Waals surface area contributed by atoms with E-state index in [0.29, 0.717) is 5.75 Å². The van der Waals surface area contributed by atoms with Crippen molar-refractivity contribution in [1.29, 1.82) is 0 Å². The second-order valence-corrected chi connectivity index (χ2v) is 7.68. The summed E-state index contributed by atoms with van der Waals surface area (Å²) >= 11 is 0. The maximum Gasteiger partial charge on any atom is 0.270 e. The summed E-state index contributed by atoms with van der Waals surface area (Å²) in [6, 6.07) is 13.3. The van der Waals surface area contributed by atoms with E-state index in [1.54, 1.807) is 19.2 Å². The largest absolute Gasteiger partial charge is 0.497 e. The molecule has 6 heteroatoms. The van der Waals surface area contributed by atoms with Gasteiger partial charge in [0.15, 0.2) is 6.10 Å². The number of nitrogens with zero attached hydrogens (tertiary/aromatic N) is 2. The first-order chi connectivity index (χ1) is 14.2. The molecule has 0 saturated carbocycles. The van der Waals surface area contributed by atoms with E-state index in [9.17, 15) is 9.18 Å². The van der Waals surface area contributed by atoms with E-state index in [1.807, 2.05) is 29.2 Å².